The molecule has 1 nitrogen and oxygen atoms in total. The standard InChI is InChI=1S/C13H9Br2ClFN/c14-9-1-4-12(17)8(5-9)7-18-13-6-10(16)2-3-11(13)15/h1-6,18H,7H2. The summed E-state index contributed by atoms with van der Waals surface area (Å²) in [6.07, 6.45) is 0. The summed E-state index contributed by atoms with van der Waals surface area (Å²) in [5, 5.41) is 3.78. The Bertz CT molecular complexity index is 523. The van der Waals surface area contributed by atoms with Gasteiger partial charge in [-0.25, -0.2) is 4.39 Å². The Labute approximate surface area is 127 Å². The van der Waals surface area contributed by atoms with Crippen LogP contribution >= 0.6 is 43.5 Å². The third-order valence-electron chi connectivity index (χ3n) is 2.41. The molecule has 0 heterocycles. The maximum atomic E-state index is 13.6. The number of anilines is 1. The number of nitrogens with one attached hydrogen (secondary N) is 1. The quantitative estimate of drug-likeness (QED) is 0.714. The lowest BCUT2D eigenvalue weighted by Gasteiger charge is -2.10. The highest BCUT2D eigenvalue weighted by molar-refractivity contribution is 9.10. The van der Waals surface area contributed by atoms with Crippen LogP contribution in [0.1, 0.15) is 5.56 Å². The van der Waals surface area contributed by atoms with E-state index < -0.39 is 0 Å². The number of halogens is 4. The minimum absolute atomic E-state index is 0.233. The highest BCUT2D eigenvalue weighted by Gasteiger charge is 2.05. The summed E-state index contributed by atoms with van der Waals surface area (Å²) < 4.78 is 15.3. The van der Waals surface area contributed by atoms with Crippen LogP contribution in [0.4, 0.5) is 10.1 Å². The molecule has 0 saturated heterocycles. The Morgan fingerprint density at radius 3 is 2.67 bits per heavy atom. The summed E-state index contributed by atoms with van der Waals surface area (Å²) in [4.78, 5) is 0. The molecule has 0 spiro atoms. The molecule has 5 heteroatoms. The van der Waals surface area contributed by atoms with Gasteiger partial charge in [0.15, 0.2) is 0 Å². The average Bonchev–Trinajstić information content (AvgIpc) is 2.34. The topological polar surface area (TPSA) is 12.0 Å². The number of hydrogen-bond donors (Lipinski definition) is 1. The summed E-state index contributed by atoms with van der Waals surface area (Å²) in [7, 11) is 0. The van der Waals surface area contributed by atoms with Crippen LogP contribution in [0, 0.1) is 5.82 Å². The second-order valence-corrected chi connectivity index (χ2v) is 5.92. The number of hydrogen-bond acceptors (Lipinski definition) is 1. The van der Waals surface area contributed by atoms with Crippen molar-refractivity contribution in [3.63, 3.8) is 0 Å². The maximum absolute atomic E-state index is 13.6. The van der Waals surface area contributed by atoms with Crippen LogP contribution in [0.15, 0.2) is 45.3 Å². The fraction of sp³-hybridized carbons (Fsp3) is 0.0769. The van der Waals surface area contributed by atoms with E-state index in [-0.39, 0.29) is 5.82 Å². The van der Waals surface area contributed by atoms with Crippen molar-refractivity contribution in [2.75, 3.05) is 5.32 Å². The lowest BCUT2D eigenvalue weighted by molar-refractivity contribution is 0.612. The Morgan fingerprint density at radius 1 is 1.11 bits per heavy atom. The van der Waals surface area contributed by atoms with Crippen molar-refractivity contribution in [2.24, 2.45) is 0 Å². The highest BCUT2D eigenvalue weighted by Crippen LogP contribution is 2.26. The molecule has 2 aromatic rings. The van der Waals surface area contributed by atoms with Gasteiger partial charge in [0.2, 0.25) is 0 Å². The van der Waals surface area contributed by atoms with Crippen molar-refractivity contribution >= 4 is 49.1 Å². The molecule has 0 atom stereocenters. The van der Waals surface area contributed by atoms with Gasteiger partial charge in [0, 0.05) is 26.1 Å². The van der Waals surface area contributed by atoms with E-state index >= 15 is 0 Å². The summed E-state index contributed by atoms with van der Waals surface area (Å²) in [5.74, 6) is -0.233. The van der Waals surface area contributed by atoms with Gasteiger partial charge in [0.1, 0.15) is 5.82 Å². The van der Waals surface area contributed by atoms with Crippen molar-refractivity contribution in [1.29, 1.82) is 0 Å². The van der Waals surface area contributed by atoms with E-state index in [1.54, 1.807) is 24.3 Å². The zero-order valence-electron chi connectivity index (χ0n) is 9.18. The zero-order valence-corrected chi connectivity index (χ0v) is 13.1. The summed E-state index contributed by atoms with van der Waals surface area (Å²) in [6.45, 7) is 0.393. The van der Waals surface area contributed by atoms with Crippen LogP contribution in [0.3, 0.4) is 0 Å². The molecular formula is C13H9Br2ClFN. The predicted octanol–water partition coefficient (Wildman–Crippen LogP) is 5.62. The van der Waals surface area contributed by atoms with Crippen LogP contribution in [-0.4, -0.2) is 0 Å². The Balaban J connectivity index is 2.16. The Kier molecular flexibility index (Phi) is 4.65. The molecule has 2 aromatic carbocycles. The first-order valence-corrected chi connectivity index (χ1v) is 7.15. The van der Waals surface area contributed by atoms with E-state index in [0.717, 1.165) is 14.6 Å². The van der Waals surface area contributed by atoms with Gasteiger partial charge in [-0.3, -0.25) is 0 Å². The largest absolute Gasteiger partial charge is 0.380 e. The molecule has 0 amide bonds. The molecule has 0 fully saturated rings. The summed E-state index contributed by atoms with van der Waals surface area (Å²) >= 11 is 12.6. The van der Waals surface area contributed by atoms with Crippen LogP contribution in [-0.2, 0) is 6.54 Å². The van der Waals surface area contributed by atoms with Gasteiger partial charge in [0.25, 0.3) is 0 Å². The van der Waals surface area contributed by atoms with E-state index in [9.17, 15) is 4.39 Å². The smallest absolute Gasteiger partial charge is 0.128 e. The molecule has 94 valence electrons. The highest BCUT2D eigenvalue weighted by atomic mass is 79.9. The Morgan fingerprint density at radius 2 is 1.89 bits per heavy atom. The first kappa shape index (κ1) is 13.8. The molecule has 0 aliphatic heterocycles. The van der Waals surface area contributed by atoms with E-state index in [2.05, 4.69) is 37.2 Å². The van der Waals surface area contributed by atoms with Crippen LogP contribution in [0.2, 0.25) is 5.02 Å². The van der Waals surface area contributed by atoms with Crippen molar-refractivity contribution in [1.82, 2.24) is 0 Å². The van der Waals surface area contributed by atoms with Crippen molar-refractivity contribution in [3.8, 4) is 0 Å². The second-order valence-electron chi connectivity index (χ2n) is 3.71. The molecule has 2 rings (SSSR count). The second kappa shape index (κ2) is 6.04. The molecule has 0 bridgehead atoms. The fourth-order valence-corrected chi connectivity index (χ4v) is 2.47. The van der Waals surface area contributed by atoms with Gasteiger partial charge in [-0.2, -0.15) is 0 Å². The number of rotatable bonds is 3. The van der Waals surface area contributed by atoms with Crippen molar-refractivity contribution in [3.05, 3.63) is 61.7 Å². The number of benzene rings is 2. The van der Waals surface area contributed by atoms with Gasteiger partial charge >= 0.3 is 0 Å². The van der Waals surface area contributed by atoms with Gasteiger partial charge in [-0.1, -0.05) is 27.5 Å². The molecule has 0 saturated carbocycles. The van der Waals surface area contributed by atoms with Gasteiger partial charge < -0.3 is 5.32 Å². The van der Waals surface area contributed by atoms with Gasteiger partial charge in [-0.15, -0.1) is 0 Å². The van der Waals surface area contributed by atoms with Gasteiger partial charge in [0.05, 0.1) is 5.69 Å². The molecule has 0 aliphatic rings. The molecule has 1 N–H and O–H groups in total. The van der Waals surface area contributed by atoms with Crippen LogP contribution < -0.4 is 5.32 Å². The van der Waals surface area contributed by atoms with Crippen molar-refractivity contribution < 1.29 is 4.39 Å². The van der Waals surface area contributed by atoms with E-state index in [1.165, 1.54) is 6.07 Å². The Hall–Kier alpha value is -0.580. The minimum Gasteiger partial charge on any atom is -0.380 e. The molecular weight excluding hydrogens is 384 g/mol. The molecule has 0 radical (unpaired) electrons. The van der Waals surface area contributed by atoms with E-state index in [0.29, 0.717) is 17.1 Å². The first-order chi connectivity index (χ1) is 8.56. The normalized spacial score (nSPS) is 10.4. The fourth-order valence-electron chi connectivity index (χ4n) is 1.50. The lowest BCUT2D eigenvalue weighted by Crippen LogP contribution is -2.02. The maximum Gasteiger partial charge on any atom is 0.128 e. The van der Waals surface area contributed by atoms with Crippen LogP contribution in [0.5, 0.6) is 0 Å². The average molecular weight is 393 g/mol. The van der Waals surface area contributed by atoms with E-state index in [4.69, 9.17) is 11.6 Å². The molecule has 18 heavy (non-hydrogen) atoms. The predicted molar refractivity (Wildman–Crippen MR) is 80.6 cm³/mol. The van der Waals surface area contributed by atoms with Crippen molar-refractivity contribution in [2.45, 2.75) is 6.54 Å². The monoisotopic (exact) mass is 391 g/mol. The van der Waals surface area contributed by atoms with E-state index in [1.807, 2.05) is 6.07 Å². The third kappa shape index (κ3) is 3.46. The zero-order chi connectivity index (χ0) is 13.1. The summed E-state index contributed by atoms with van der Waals surface area (Å²) in [6, 6.07) is 10.3. The first-order valence-electron chi connectivity index (χ1n) is 5.19. The SMILES string of the molecule is Fc1ccc(Br)cc1CNc1cc(Cl)ccc1Br. The third-order valence-corrected chi connectivity index (χ3v) is 3.83. The minimum atomic E-state index is -0.233. The lowest BCUT2D eigenvalue weighted by atomic mass is 10.2. The van der Waals surface area contributed by atoms with Gasteiger partial charge in [-0.05, 0) is 52.3 Å². The molecule has 0 unspecified atom stereocenters. The molecule has 0 aromatic heterocycles. The van der Waals surface area contributed by atoms with Crippen LogP contribution in [0.25, 0.3) is 0 Å². The molecule has 0 aliphatic carbocycles. The summed E-state index contributed by atoms with van der Waals surface area (Å²) in [5.41, 5.74) is 1.43.